The van der Waals surface area contributed by atoms with Crippen molar-refractivity contribution in [3.8, 4) is 0 Å². The Hall–Kier alpha value is -2.37. The molecule has 6 heteroatoms. The van der Waals surface area contributed by atoms with Gasteiger partial charge in [0.2, 0.25) is 11.8 Å². The minimum Gasteiger partial charge on any atom is -0.326 e. The monoisotopic (exact) mass is 383 g/mol. The van der Waals surface area contributed by atoms with Crippen molar-refractivity contribution < 1.29 is 9.59 Å². The van der Waals surface area contributed by atoms with Gasteiger partial charge >= 0.3 is 0 Å². The molecule has 140 valence electrons. The number of likely N-dealkylation sites (tertiary alicyclic amines) is 1. The van der Waals surface area contributed by atoms with Crippen LogP contribution < -0.4 is 10.6 Å². The molecule has 2 aliphatic rings. The van der Waals surface area contributed by atoms with E-state index in [1.54, 1.807) is 0 Å². The molecular weight excluding hydrogens is 362 g/mol. The number of fused-ring (bicyclic) bond motifs is 2. The second-order valence-corrected chi connectivity index (χ2v) is 7.82. The van der Waals surface area contributed by atoms with Crippen molar-refractivity contribution >= 4 is 34.8 Å². The van der Waals surface area contributed by atoms with Crippen molar-refractivity contribution in [2.45, 2.75) is 31.7 Å². The van der Waals surface area contributed by atoms with Crippen molar-refractivity contribution in [1.82, 2.24) is 4.90 Å². The normalized spacial score (nSPS) is 18.2. The Morgan fingerprint density at radius 3 is 2.56 bits per heavy atom. The minimum atomic E-state index is -0.452. The van der Waals surface area contributed by atoms with Gasteiger partial charge in [-0.05, 0) is 67.4 Å². The molecule has 0 aromatic heterocycles. The molecule has 2 amide bonds. The van der Waals surface area contributed by atoms with Gasteiger partial charge in [0.25, 0.3) is 0 Å². The van der Waals surface area contributed by atoms with E-state index >= 15 is 0 Å². The smallest absolute Gasteiger partial charge is 0.235 e. The quantitative estimate of drug-likeness (QED) is 0.847. The number of hydrogen-bond acceptors (Lipinski definition) is 3. The van der Waals surface area contributed by atoms with Crippen molar-refractivity contribution in [2.75, 3.05) is 23.7 Å². The highest BCUT2D eigenvalue weighted by atomic mass is 35.5. The van der Waals surface area contributed by atoms with Crippen molar-refractivity contribution in [1.29, 1.82) is 0 Å². The Morgan fingerprint density at radius 2 is 1.89 bits per heavy atom. The third-order valence-corrected chi connectivity index (χ3v) is 5.81. The summed E-state index contributed by atoms with van der Waals surface area (Å²) < 4.78 is 0. The van der Waals surface area contributed by atoms with E-state index in [1.807, 2.05) is 42.5 Å². The van der Waals surface area contributed by atoms with Gasteiger partial charge in [0, 0.05) is 29.9 Å². The van der Waals surface area contributed by atoms with Crippen LogP contribution in [0, 0.1) is 0 Å². The molecule has 4 rings (SSSR count). The SMILES string of the molecule is CC(=O)Nc1ccc(CN2CCC3(CC2)C(=O)Nc2ccc(Cl)cc23)cc1. The van der Waals surface area contributed by atoms with E-state index in [-0.39, 0.29) is 11.8 Å². The molecule has 2 aliphatic heterocycles. The number of hydrogen-bond donors (Lipinski definition) is 2. The van der Waals surface area contributed by atoms with E-state index in [0.29, 0.717) is 5.02 Å². The Morgan fingerprint density at radius 1 is 1.19 bits per heavy atom. The summed E-state index contributed by atoms with van der Waals surface area (Å²) in [5, 5.41) is 6.47. The summed E-state index contributed by atoms with van der Waals surface area (Å²) in [4.78, 5) is 26.2. The van der Waals surface area contributed by atoms with Crippen molar-refractivity contribution in [3.05, 3.63) is 58.6 Å². The highest BCUT2D eigenvalue weighted by Crippen LogP contribution is 2.45. The first-order valence-electron chi connectivity index (χ1n) is 9.17. The molecule has 0 saturated carbocycles. The fourth-order valence-electron chi connectivity index (χ4n) is 4.13. The van der Waals surface area contributed by atoms with Gasteiger partial charge in [0.1, 0.15) is 0 Å². The summed E-state index contributed by atoms with van der Waals surface area (Å²) in [5.41, 5.74) is 3.48. The molecule has 2 heterocycles. The molecule has 2 aromatic rings. The maximum absolute atomic E-state index is 12.7. The predicted octanol–water partition coefficient (Wildman–Crippen LogP) is 3.78. The van der Waals surface area contributed by atoms with Crippen LogP contribution in [0.4, 0.5) is 11.4 Å². The van der Waals surface area contributed by atoms with Crippen LogP contribution in [0.1, 0.15) is 30.9 Å². The molecule has 0 atom stereocenters. The Kier molecular flexibility index (Phi) is 4.66. The minimum absolute atomic E-state index is 0.0701. The Labute approximate surface area is 163 Å². The van der Waals surface area contributed by atoms with E-state index in [0.717, 1.165) is 49.4 Å². The van der Waals surface area contributed by atoms with Crippen LogP contribution >= 0.6 is 11.6 Å². The van der Waals surface area contributed by atoms with Crippen LogP contribution in [0.3, 0.4) is 0 Å². The van der Waals surface area contributed by atoms with E-state index in [2.05, 4.69) is 15.5 Å². The first kappa shape index (κ1) is 18.0. The topological polar surface area (TPSA) is 61.4 Å². The third kappa shape index (κ3) is 3.45. The van der Waals surface area contributed by atoms with Crippen LogP contribution in [0.15, 0.2) is 42.5 Å². The Bertz CT molecular complexity index is 887. The predicted molar refractivity (Wildman–Crippen MR) is 107 cm³/mol. The molecule has 0 bridgehead atoms. The standard InChI is InChI=1S/C21H22ClN3O2/c1-14(26)23-17-5-2-15(3-6-17)13-25-10-8-21(9-11-25)18-12-16(22)4-7-19(18)24-20(21)27/h2-7,12H,8-11,13H2,1H3,(H,23,26)(H,24,27). The summed E-state index contributed by atoms with van der Waals surface area (Å²) in [6.45, 7) is 4.04. The van der Waals surface area contributed by atoms with Gasteiger partial charge < -0.3 is 10.6 Å². The summed E-state index contributed by atoms with van der Waals surface area (Å²) >= 11 is 6.18. The number of amides is 2. The molecule has 1 spiro atoms. The van der Waals surface area contributed by atoms with E-state index < -0.39 is 5.41 Å². The molecule has 0 unspecified atom stereocenters. The third-order valence-electron chi connectivity index (χ3n) is 5.57. The number of rotatable bonds is 3. The first-order valence-corrected chi connectivity index (χ1v) is 9.54. The van der Waals surface area contributed by atoms with Crippen LogP contribution in [0.25, 0.3) is 0 Å². The lowest BCUT2D eigenvalue weighted by Crippen LogP contribution is -2.46. The number of anilines is 2. The fraction of sp³-hybridized carbons (Fsp3) is 0.333. The largest absolute Gasteiger partial charge is 0.326 e. The second kappa shape index (κ2) is 6.98. The summed E-state index contributed by atoms with van der Waals surface area (Å²) in [6, 6.07) is 13.6. The maximum Gasteiger partial charge on any atom is 0.235 e. The first-order chi connectivity index (χ1) is 13.0. The van der Waals surface area contributed by atoms with Crippen molar-refractivity contribution in [2.24, 2.45) is 0 Å². The van der Waals surface area contributed by atoms with Gasteiger partial charge in [-0.1, -0.05) is 23.7 Å². The number of piperidine rings is 1. The zero-order chi connectivity index (χ0) is 19.0. The van der Waals surface area contributed by atoms with Crippen LogP contribution in [-0.2, 0) is 21.5 Å². The molecule has 5 nitrogen and oxygen atoms in total. The number of nitrogens with zero attached hydrogens (tertiary/aromatic N) is 1. The van der Waals surface area contributed by atoms with Crippen LogP contribution in [0.5, 0.6) is 0 Å². The van der Waals surface area contributed by atoms with Gasteiger partial charge in [0.15, 0.2) is 0 Å². The highest BCUT2D eigenvalue weighted by Gasteiger charge is 2.48. The molecule has 2 N–H and O–H groups in total. The summed E-state index contributed by atoms with van der Waals surface area (Å²) in [7, 11) is 0. The Balaban J connectivity index is 1.43. The van der Waals surface area contributed by atoms with Crippen LogP contribution in [0.2, 0.25) is 5.02 Å². The average Bonchev–Trinajstić information content (AvgIpc) is 2.90. The highest BCUT2D eigenvalue weighted by molar-refractivity contribution is 6.31. The lowest BCUT2D eigenvalue weighted by atomic mass is 9.73. The zero-order valence-corrected chi connectivity index (χ0v) is 16.0. The summed E-state index contributed by atoms with van der Waals surface area (Å²) in [5.74, 6) is 0.0263. The molecule has 27 heavy (non-hydrogen) atoms. The van der Waals surface area contributed by atoms with E-state index in [1.165, 1.54) is 12.5 Å². The van der Waals surface area contributed by atoms with Gasteiger partial charge in [-0.15, -0.1) is 0 Å². The number of nitrogens with one attached hydrogen (secondary N) is 2. The van der Waals surface area contributed by atoms with E-state index in [9.17, 15) is 9.59 Å². The van der Waals surface area contributed by atoms with Gasteiger partial charge in [-0.25, -0.2) is 0 Å². The van der Waals surface area contributed by atoms with Gasteiger partial charge in [-0.3, -0.25) is 14.5 Å². The van der Waals surface area contributed by atoms with Crippen LogP contribution in [-0.4, -0.2) is 29.8 Å². The number of halogens is 1. The number of carbonyl (C=O) groups excluding carboxylic acids is 2. The van der Waals surface area contributed by atoms with Gasteiger partial charge in [-0.2, -0.15) is 0 Å². The van der Waals surface area contributed by atoms with E-state index in [4.69, 9.17) is 11.6 Å². The lowest BCUT2D eigenvalue weighted by molar-refractivity contribution is -0.122. The lowest BCUT2D eigenvalue weighted by Gasteiger charge is -2.38. The summed E-state index contributed by atoms with van der Waals surface area (Å²) in [6.07, 6.45) is 1.58. The maximum atomic E-state index is 12.7. The number of benzene rings is 2. The molecule has 0 aliphatic carbocycles. The van der Waals surface area contributed by atoms with Gasteiger partial charge in [0.05, 0.1) is 5.41 Å². The zero-order valence-electron chi connectivity index (χ0n) is 15.2. The van der Waals surface area contributed by atoms with Crippen molar-refractivity contribution in [3.63, 3.8) is 0 Å². The molecule has 2 aromatic carbocycles. The molecule has 1 fully saturated rings. The fourth-order valence-corrected chi connectivity index (χ4v) is 4.30. The molecular formula is C21H22ClN3O2. The molecule has 1 saturated heterocycles. The number of carbonyl (C=O) groups is 2. The average molecular weight is 384 g/mol. The molecule has 0 radical (unpaired) electrons. The second-order valence-electron chi connectivity index (χ2n) is 7.38.